The Morgan fingerprint density at radius 2 is 1.67 bits per heavy atom. The molecule has 5 heteroatoms. The molecule has 0 N–H and O–H groups in total. The van der Waals surface area contributed by atoms with Crippen molar-refractivity contribution in [3.8, 4) is 17.0 Å². The summed E-state index contributed by atoms with van der Waals surface area (Å²) in [6, 6.07) is 25.7. The third-order valence-electron chi connectivity index (χ3n) is 4.84. The molecule has 0 saturated heterocycles. The predicted molar refractivity (Wildman–Crippen MR) is 112 cm³/mol. The number of ether oxygens (including phenoxy) is 3. The van der Waals surface area contributed by atoms with Crippen LogP contribution < -0.4 is 4.74 Å². The zero-order valence-electron chi connectivity index (χ0n) is 16.0. The van der Waals surface area contributed by atoms with Crippen LogP contribution in [0.3, 0.4) is 0 Å². The Labute approximate surface area is 173 Å². The van der Waals surface area contributed by atoms with E-state index in [9.17, 15) is 4.39 Å². The summed E-state index contributed by atoms with van der Waals surface area (Å²) < 4.78 is 30.8. The Hall–Kier alpha value is -3.86. The zero-order valence-corrected chi connectivity index (χ0v) is 16.0. The van der Waals surface area contributed by atoms with Gasteiger partial charge in [0, 0.05) is 23.4 Å². The van der Waals surface area contributed by atoms with Crippen molar-refractivity contribution in [3.05, 3.63) is 109 Å². The number of rotatable bonds is 5. The molecule has 1 aliphatic rings. The molecule has 0 spiro atoms. The van der Waals surface area contributed by atoms with Crippen molar-refractivity contribution in [1.82, 2.24) is 4.98 Å². The van der Waals surface area contributed by atoms with E-state index in [0.29, 0.717) is 17.9 Å². The number of benzene rings is 3. The number of hydrogen-bond donors (Lipinski definition) is 0. The molecule has 0 radical (unpaired) electrons. The predicted octanol–water partition coefficient (Wildman–Crippen LogP) is 5.83. The van der Waals surface area contributed by atoms with E-state index in [0.717, 1.165) is 22.0 Å². The summed E-state index contributed by atoms with van der Waals surface area (Å²) >= 11 is 0. The molecule has 2 heterocycles. The molecule has 5 rings (SSSR count). The van der Waals surface area contributed by atoms with E-state index in [2.05, 4.69) is 4.98 Å². The van der Waals surface area contributed by atoms with Crippen LogP contribution in [0.5, 0.6) is 5.75 Å². The van der Waals surface area contributed by atoms with Crippen LogP contribution in [-0.4, -0.2) is 11.3 Å². The number of halogens is 1. The van der Waals surface area contributed by atoms with Crippen molar-refractivity contribution in [2.24, 2.45) is 0 Å². The molecule has 4 nitrogen and oxygen atoms in total. The number of fused-ring (bicyclic) bond motifs is 1. The van der Waals surface area contributed by atoms with Gasteiger partial charge in [-0.05, 0) is 42.0 Å². The largest absolute Gasteiger partial charge is 0.455 e. The summed E-state index contributed by atoms with van der Waals surface area (Å²) in [7, 11) is 0. The van der Waals surface area contributed by atoms with Gasteiger partial charge in [-0.15, -0.1) is 0 Å². The lowest BCUT2D eigenvalue weighted by atomic mass is 10.1. The van der Waals surface area contributed by atoms with Gasteiger partial charge in [0.1, 0.15) is 11.6 Å². The topological polar surface area (TPSA) is 40.6 Å². The standard InChI is InChI=1S/C25H18FNO3/c26-19-12-10-18(11-13-19)22-15-23(20-8-4-5-9-21(20)27-22)29-25-16-28-24(30-25)14-17-6-2-1-3-7-17/h1-13,15-16,24H,14H2. The SMILES string of the molecule is Fc1ccc(-c2cc(OC3=COC(Cc4ccccc4)O3)c3ccccc3n2)cc1. The molecule has 148 valence electrons. The van der Waals surface area contributed by atoms with Crippen molar-refractivity contribution in [1.29, 1.82) is 0 Å². The summed E-state index contributed by atoms with van der Waals surface area (Å²) in [5.41, 5.74) is 3.37. The minimum absolute atomic E-state index is 0.289. The van der Waals surface area contributed by atoms with E-state index in [1.165, 1.54) is 18.4 Å². The lowest BCUT2D eigenvalue weighted by Crippen LogP contribution is -2.13. The highest BCUT2D eigenvalue weighted by Gasteiger charge is 2.22. The number of pyridine rings is 1. The maximum atomic E-state index is 13.3. The van der Waals surface area contributed by atoms with Crippen LogP contribution in [0.4, 0.5) is 4.39 Å². The van der Waals surface area contributed by atoms with Crippen LogP contribution in [0.25, 0.3) is 22.2 Å². The number of aromatic nitrogens is 1. The van der Waals surface area contributed by atoms with Crippen LogP contribution in [-0.2, 0) is 15.9 Å². The van der Waals surface area contributed by atoms with Gasteiger partial charge in [-0.2, -0.15) is 0 Å². The first-order chi connectivity index (χ1) is 14.7. The fourth-order valence-corrected chi connectivity index (χ4v) is 3.37. The molecule has 0 bridgehead atoms. The van der Waals surface area contributed by atoms with Gasteiger partial charge in [0.05, 0.1) is 11.2 Å². The Morgan fingerprint density at radius 1 is 0.900 bits per heavy atom. The van der Waals surface area contributed by atoms with Crippen molar-refractivity contribution in [2.75, 3.05) is 0 Å². The summed E-state index contributed by atoms with van der Waals surface area (Å²) in [4.78, 5) is 4.69. The molecule has 1 aromatic heterocycles. The fraction of sp³-hybridized carbons (Fsp3) is 0.0800. The second kappa shape index (κ2) is 7.87. The molecular formula is C25H18FNO3. The second-order valence-electron chi connectivity index (χ2n) is 6.94. The summed E-state index contributed by atoms with van der Waals surface area (Å²) in [5.74, 6) is 0.592. The van der Waals surface area contributed by atoms with Crippen molar-refractivity contribution in [3.63, 3.8) is 0 Å². The quantitative estimate of drug-likeness (QED) is 0.423. The van der Waals surface area contributed by atoms with Crippen LogP contribution in [0.1, 0.15) is 5.56 Å². The maximum absolute atomic E-state index is 13.3. The number of para-hydroxylation sites is 1. The van der Waals surface area contributed by atoms with Gasteiger partial charge in [0.2, 0.25) is 6.29 Å². The first-order valence-electron chi connectivity index (χ1n) is 9.64. The third kappa shape index (κ3) is 3.82. The Morgan fingerprint density at radius 3 is 2.50 bits per heavy atom. The van der Waals surface area contributed by atoms with E-state index in [4.69, 9.17) is 14.2 Å². The van der Waals surface area contributed by atoms with Crippen LogP contribution in [0, 0.1) is 5.82 Å². The molecule has 4 aromatic rings. The lowest BCUT2D eigenvalue weighted by Gasteiger charge is -2.13. The molecule has 0 aliphatic carbocycles. The van der Waals surface area contributed by atoms with E-state index in [1.54, 1.807) is 12.1 Å². The molecule has 3 aromatic carbocycles. The van der Waals surface area contributed by atoms with Crippen LogP contribution >= 0.6 is 0 Å². The summed E-state index contributed by atoms with van der Waals surface area (Å²) in [6.07, 6.45) is 1.66. The zero-order chi connectivity index (χ0) is 20.3. The van der Waals surface area contributed by atoms with Gasteiger partial charge < -0.3 is 14.2 Å². The molecular weight excluding hydrogens is 381 g/mol. The van der Waals surface area contributed by atoms with E-state index >= 15 is 0 Å². The third-order valence-corrected chi connectivity index (χ3v) is 4.84. The van der Waals surface area contributed by atoms with Gasteiger partial charge in [-0.25, -0.2) is 9.37 Å². The highest BCUT2D eigenvalue weighted by atomic mass is 19.1. The van der Waals surface area contributed by atoms with E-state index in [-0.39, 0.29) is 11.8 Å². The van der Waals surface area contributed by atoms with E-state index in [1.807, 2.05) is 60.7 Å². The molecule has 30 heavy (non-hydrogen) atoms. The normalized spacial score (nSPS) is 15.4. The van der Waals surface area contributed by atoms with Crippen LogP contribution in [0.2, 0.25) is 0 Å². The molecule has 1 atom stereocenters. The minimum atomic E-state index is -0.438. The lowest BCUT2D eigenvalue weighted by molar-refractivity contribution is -0.0518. The molecule has 1 aliphatic heterocycles. The number of hydrogen-bond acceptors (Lipinski definition) is 4. The van der Waals surface area contributed by atoms with Gasteiger partial charge in [0.15, 0.2) is 6.26 Å². The maximum Gasteiger partial charge on any atom is 0.324 e. The average Bonchev–Trinajstić information content (AvgIpc) is 3.21. The average molecular weight is 399 g/mol. The fourth-order valence-electron chi connectivity index (χ4n) is 3.37. The number of nitrogens with zero attached hydrogens (tertiary/aromatic N) is 1. The van der Waals surface area contributed by atoms with Gasteiger partial charge in [-0.3, -0.25) is 0 Å². The first kappa shape index (κ1) is 18.2. The Bertz CT molecular complexity index is 1210. The van der Waals surface area contributed by atoms with E-state index < -0.39 is 6.29 Å². The Kier molecular flexibility index (Phi) is 4.77. The highest BCUT2D eigenvalue weighted by Crippen LogP contribution is 2.32. The van der Waals surface area contributed by atoms with Gasteiger partial charge in [-0.1, -0.05) is 42.5 Å². The summed E-state index contributed by atoms with van der Waals surface area (Å²) in [5, 5.41) is 0.847. The minimum Gasteiger partial charge on any atom is -0.455 e. The van der Waals surface area contributed by atoms with Crippen molar-refractivity contribution in [2.45, 2.75) is 12.7 Å². The molecule has 0 saturated carbocycles. The second-order valence-corrected chi connectivity index (χ2v) is 6.94. The molecule has 0 amide bonds. The van der Waals surface area contributed by atoms with Gasteiger partial charge in [0.25, 0.3) is 0 Å². The van der Waals surface area contributed by atoms with Crippen LogP contribution in [0.15, 0.2) is 97.1 Å². The summed E-state index contributed by atoms with van der Waals surface area (Å²) in [6.45, 7) is 0. The molecule has 0 fully saturated rings. The van der Waals surface area contributed by atoms with Crippen molar-refractivity contribution >= 4 is 10.9 Å². The molecule has 1 unspecified atom stereocenters. The smallest absolute Gasteiger partial charge is 0.324 e. The highest BCUT2D eigenvalue weighted by molar-refractivity contribution is 5.88. The first-order valence-corrected chi connectivity index (χ1v) is 9.64. The van der Waals surface area contributed by atoms with Crippen molar-refractivity contribution < 1.29 is 18.6 Å². The Balaban J connectivity index is 1.40. The van der Waals surface area contributed by atoms with Gasteiger partial charge >= 0.3 is 5.95 Å². The monoisotopic (exact) mass is 399 g/mol.